The van der Waals surface area contributed by atoms with Gasteiger partial charge in [0.15, 0.2) is 0 Å². The minimum Gasteiger partial charge on any atom is -0.369 e. The van der Waals surface area contributed by atoms with Gasteiger partial charge in [-0.3, -0.25) is 4.79 Å². The molecule has 98 valence electrons. The van der Waals surface area contributed by atoms with Gasteiger partial charge in [0.25, 0.3) is 0 Å². The number of hydrogen-bond acceptors (Lipinski definition) is 3. The monoisotopic (exact) mass is 247 g/mol. The minimum absolute atomic E-state index is 0.104. The lowest BCUT2D eigenvalue weighted by molar-refractivity contribution is -0.115. The maximum atomic E-state index is 11.8. The van der Waals surface area contributed by atoms with E-state index in [0.717, 1.165) is 37.3 Å². The van der Waals surface area contributed by atoms with E-state index in [1.807, 2.05) is 0 Å². The van der Waals surface area contributed by atoms with E-state index in [2.05, 4.69) is 35.3 Å². The summed E-state index contributed by atoms with van der Waals surface area (Å²) >= 11 is 0. The Morgan fingerprint density at radius 2 is 2.28 bits per heavy atom. The highest BCUT2D eigenvalue weighted by atomic mass is 16.1. The molecule has 1 aromatic rings. The van der Waals surface area contributed by atoms with Gasteiger partial charge in [-0.2, -0.15) is 0 Å². The molecule has 4 heteroatoms. The van der Waals surface area contributed by atoms with E-state index in [-0.39, 0.29) is 5.91 Å². The first-order valence-corrected chi connectivity index (χ1v) is 6.63. The third-order valence-corrected chi connectivity index (χ3v) is 3.36. The Balaban J connectivity index is 2.35. The molecule has 0 saturated heterocycles. The number of nitrogens with zero attached hydrogens (tertiary/aromatic N) is 1. The van der Waals surface area contributed by atoms with Crippen LogP contribution >= 0.6 is 0 Å². The molecule has 0 spiro atoms. The van der Waals surface area contributed by atoms with Crippen molar-refractivity contribution in [3.63, 3.8) is 0 Å². The number of nitrogens with one attached hydrogen (secondary N) is 1. The minimum atomic E-state index is 0.104. The number of benzene rings is 1. The van der Waals surface area contributed by atoms with Gasteiger partial charge in [-0.05, 0) is 31.0 Å². The number of nitrogens with two attached hydrogens (primary N) is 1. The first kappa shape index (κ1) is 12.9. The zero-order chi connectivity index (χ0) is 13.0. The second-order valence-corrected chi connectivity index (χ2v) is 4.59. The van der Waals surface area contributed by atoms with E-state index in [9.17, 15) is 4.79 Å². The fraction of sp³-hybridized carbons (Fsp3) is 0.500. The molecule has 0 radical (unpaired) electrons. The molecule has 1 amide bonds. The number of amides is 1. The van der Waals surface area contributed by atoms with E-state index in [0.29, 0.717) is 13.0 Å². The van der Waals surface area contributed by atoms with Gasteiger partial charge in [-0.25, -0.2) is 0 Å². The van der Waals surface area contributed by atoms with E-state index in [1.54, 1.807) is 0 Å². The summed E-state index contributed by atoms with van der Waals surface area (Å²) in [5, 5.41) is 3.04. The highest BCUT2D eigenvalue weighted by Crippen LogP contribution is 2.32. The van der Waals surface area contributed by atoms with Crippen molar-refractivity contribution in [1.82, 2.24) is 0 Å². The average molecular weight is 247 g/mol. The van der Waals surface area contributed by atoms with Crippen molar-refractivity contribution >= 4 is 17.3 Å². The van der Waals surface area contributed by atoms with E-state index in [1.165, 1.54) is 5.56 Å². The van der Waals surface area contributed by atoms with Crippen LogP contribution in [0.3, 0.4) is 0 Å². The van der Waals surface area contributed by atoms with Gasteiger partial charge < -0.3 is 16.0 Å². The second kappa shape index (κ2) is 5.87. The van der Waals surface area contributed by atoms with Gasteiger partial charge in [-0.15, -0.1) is 0 Å². The van der Waals surface area contributed by atoms with Gasteiger partial charge in [0, 0.05) is 19.5 Å². The molecule has 0 aliphatic carbocycles. The van der Waals surface area contributed by atoms with E-state index in [4.69, 9.17) is 5.73 Å². The SMILES string of the molecule is CCc1cccc2c1NC(=O)CCN2CCCN. The number of carbonyl (C=O) groups excluding carboxylic acids is 1. The third-order valence-electron chi connectivity index (χ3n) is 3.36. The van der Waals surface area contributed by atoms with Crippen molar-refractivity contribution in [2.45, 2.75) is 26.2 Å². The largest absolute Gasteiger partial charge is 0.369 e. The number of para-hydroxylation sites is 1. The number of aryl methyl sites for hydroxylation is 1. The summed E-state index contributed by atoms with van der Waals surface area (Å²) in [4.78, 5) is 14.0. The number of rotatable bonds is 4. The molecule has 1 aromatic carbocycles. The van der Waals surface area contributed by atoms with Crippen LogP contribution in [-0.2, 0) is 11.2 Å². The molecule has 1 aliphatic heterocycles. The second-order valence-electron chi connectivity index (χ2n) is 4.59. The van der Waals surface area contributed by atoms with Crippen LogP contribution in [0.5, 0.6) is 0 Å². The third kappa shape index (κ3) is 2.64. The van der Waals surface area contributed by atoms with Crippen molar-refractivity contribution in [1.29, 1.82) is 0 Å². The van der Waals surface area contributed by atoms with Crippen LogP contribution in [0, 0.1) is 0 Å². The molecule has 0 aromatic heterocycles. The van der Waals surface area contributed by atoms with Crippen LogP contribution in [0.4, 0.5) is 11.4 Å². The molecule has 1 aliphatic rings. The normalized spacial score (nSPS) is 15.0. The summed E-state index contributed by atoms with van der Waals surface area (Å²) in [5.74, 6) is 0.104. The van der Waals surface area contributed by atoms with Crippen molar-refractivity contribution < 1.29 is 4.79 Å². The lowest BCUT2D eigenvalue weighted by Gasteiger charge is -2.24. The van der Waals surface area contributed by atoms with Crippen molar-refractivity contribution in [2.75, 3.05) is 29.9 Å². The molecule has 3 N–H and O–H groups in total. The first-order valence-electron chi connectivity index (χ1n) is 6.63. The van der Waals surface area contributed by atoms with Crippen LogP contribution in [0.25, 0.3) is 0 Å². The maximum Gasteiger partial charge on any atom is 0.226 e. The van der Waals surface area contributed by atoms with Gasteiger partial charge in [-0.1, -0.05) is 19.1 Å². The highest BCUT2D eigenvalue weighted by molar-refractivity contribution is 5.97. The predicted molar refractivity (Wildman–Crippen MR) is 75.0 cm³/mol. The predicted octanol–water partition coefficient (Wildman–Crippen LogP) is 1.75. The molecule has 2 rings (SSSR count). The topological polar surface area (TPSA) is 58.4 Å². The molecule has 4 nitrogen and oxygen atoms in total. The van der Waals surface area contributed by atoms with Gasteiger partial charge >= 0.3 is 0 Å². The Kier molecular flexibility index (Phi) is 4.20. The number of fused-ring (bicyclic) bond motifs is 1. The Hall–Kier alpha value is -1.55. The first-order chi connectivity index (χ1) is 8.76. The molecular formula is C14H21N3O. The molecule has 0 fully saturated rings. The number of hydrogen-bond donors (Lipinski definition) is 2. The number of anilines is 2. The molecule has 0 unspecified atom stereocenters. The highest BCUT2D eigenvalue weighted by Gasteiger charge is 2.20. The zero-order valence-corrected chi connectivity index (χ0v) is 10.9. The Bertz CT molecular complexity index is 431. The lowest BCUT2D eigenvalue weighted by Crippen LogP contribution is -2.27. The van der Waals surface area contributed by atoms with E-state index < -0.39 is 0 Å². The summed E-state index contributed by atoms with van der Waals surface area (Å²) in [6.45, 7) is 4.47. The van der Waals surface area contributed by atoms with Crippen LogP contribution < -0.4 is 16.0 Å². The quantitative estimate of drug-likeness (QED) is 0.852. The fourth-order valence-electron chi connectivity index (χ4n) is 2.36. The van der Waals surface area contributed by atoms with Crippen LogP contribution in [0.1, 0.15) is 25.3 Å². The summed E-state index contributed by atoms with van der Waals surface area (Å²) in [5.41, 5.74) is 8.89. The molecule has 0 atom stereocenters. The maximum absolute atomic E-state index is 11.8. The van der Waals surface area contributed by atoms with Crippen molar-refractivity contribution in [3.8, 4) is 0 Å². The molecular weight excluding hydrogens is 226 g/mol. The van der Waals surface area contributed by atoms with Crippen molar-refractivity contribution in [2.24, 2.45) is 5.73 Å². The Morgan fingerprint density at radius 3 is 3.00 bits per heavy atom. The van der Waals surface area contributed by atoms with Gasteiger partial charge in [0.1, 0.15) is 0 Å². The summed E-state index contributed by atoms with van der Waals surface area (Å²) in [6, 6.07) is 6.22. The standard InChI is InChI=1S/C14H21N3O/c1-2-11-5-3-6-12-14(11)16-13(18)7-10-17(12)9-4-8-15/h3,5-6H,2,4,7-10,15H2,1H3,(H,16,18). The van der Waals surface area contributed by atoms with Gasteiger partial charge in [0.2, 0.25) is 5.91 Å². The molecule has 1 heterocycles. The smallest absolute Gasteiger partial charge is 0.226 e. The van der Waals surface area contributed by atoms with Crippen LogP contribution in [0.15, 0.2) is 18.2 Å². The van der Waals surface area contributed by atoms with E-state index >= 15 is 0 Å². The fourth-order valence-corrected chi connectivity index (χ4v) is 2.36. The summed E-state index contributed by atoms with van der Waals surface area (Å²) in [7, 11) is 0. The zero-order valence-electron chi connectivity index (χ0n) is 10.9. The summed E-state index contributed by atoms with van der Waals surface area (Å²) in [6.07, 6.45) is 2.42. The van der Waals surface area contributed by atoms with Crippen LogP contribution in [0.2, 0.25) is 0 Å². The summed E-state index contributed by atoms with van der Waals surface area (Å²) < 4.78 is 0. The molecule has 0 bridgehead atoms. The van der Waals surface area contributed by atoms with Crippen molar-refractivity contribution in [3.05, 3.63) is 23.8 Å². The Labute approximate surface area is 108 Å². The number of carbonyl (C=O) groups is 1. The lowest BCUT2D eigenvalue weighted by atomic mass is 10.1. The molecule has 0 saturated carbocycles. The Morgan fingerprint density at radius 1 is 1.44 bits per heavy atom. The van der Waals surface area contributed by atoms with Crippen LogP contribution in [-0.4, -0.2) is 25.5 Å². The van der Waals surface area contributed by atoms with Gasteiger partial charge in [0.05, 0.1) is 11.4 Å². The average Bonchev–Trinajstić information content (AvgIpc) is 2.55. The molecule has 18 heavy (non-hydrogen) atoms.